The van der Waals surface area contributed by atoms with Crippen LogP contribution in [0.15, 0.2) is 109 Å². The molecule has 0 spiro atoms. The maximum atomic E-state index is 13.8. The van der Waals surface area contributed by atoms with Crippen LogP contribution in [0.25, 0.3) is 0 Å². The van der Waals surface area contributed by atoms with Crippen molar-refractivity contribution in [2.45, 2.75) is 91.0 Å². The fourth-order valence-electron chi connectivity index (χ4n) is 7.36. The molecule has 0 amide bonds. The zero-order valence-corrected chi connectivity index (χ0v) is 39.8. The Labute approximate surface area is 397 Å². The summed E-state index contributed by atoms with van der Waals surface area (Å²) in [6.07, 6.45) is -9.12. The summed E-state index contributed by atoms with van der Waals surface area (Å²) < 4.78 is 106. The van der Waals surface area contributed by atoms with Gasteiger partial charge in [-0.3, -0.25) is 0 Å². The summed E-state index contributed by atoms with van der Waals surface area (Å²) >= 11 is 0. The predicted octanol–water partition coefficient (Wildman–Crippen LogP) is 10.0. The summed E-state index contributed by atoms with van der Waals surface area (Å²) in [4.78, 5) is 31.0. The number of benzene rings is 4. The van der Waals surface area contributed by atoms with Crippen LogP contribution in [-0.2, 0) is 44.3 Å². The first-order valence-electron chi connectivity index (χ1n) is 23.2. The lowest BCUT2D eigenvalue weighted by molar-refractivity contribution is -0.146. The van der Waals surface area contributed by atoms with Crippen LogP contribution in [0.3, 0.4) is 0 Å². The van der Waals surface area contributed by atoms with Gasteiger partial charge >= 0.3 is 24.3 Å². The zero-order valence-electron chi connectivity index (χ0n) is 39.8. The van der Waals surface area contributed by atoms with Crippen molar-refractivity contribution in [2.75, 3.05) is 65.6 Å². The Morgan fingerprint density at radius 2 is 0.912 bits per heavy atom. The zero-order chi connectivity index (χ0) is 49.7. The molecule has 16 heteroatoms. The molecular weight excluding hydrogens is 891 g/mol. The standard InChI is InChI=1S/C52H66F6N4O6/c1-7-61(8-2)27-29-65-45-21-17-39(18-22-45)31-37(5)59-35-47(41-13-11-15-43(33-41)51(53,54)55)67-49(63)25-26-50(64)68-48(42-14-12-16-44(34-42)52(56,57)58)36-60-38(6)32-40-19-23-46(24-20-40)66-30-28-62(9-3)10-4/h11-26,33-34,37-38,47-48,59-60H,7-10,27-32,35-36H2,1-6H3/b26-25+. The van der Waals surface area contributed by atoms with Crippen LogP contribution < -0.4 is 20.1 Å². The molecule has 0 bridgehead atoms. The lowest BCUT2D eigenvalue weighted by Gasteiger charge is -2.23. The molecule has 0 aliphatic rings. The minimum Gasteiger partial charge on any atom is -0.492 e. The van der Waals surface area contributed by atoms with E-state index in [9.17, 15) is 35.9 Å². The monoisotopic (exact) mass is 956 g/mol. The summed E-state index contributed by atoms with van der Waals surface area (Å²) in [7, 11) is 0. The van der Waals surface area contributed by atoms with Crippen LogP contribution in [0.2, 0.25) is 0 Å². The average molecular weight is 957 g/mol. The van der Waals surface area contributed by atoms with Crippen LogP contribution in [0.4, 0.5) is 26.3 Å². The molecule has 4 aromatic rings. The Bertz CT molecular complexity index is 1990. The fourth-order valence-corrected chi connectivity index (χ4v) is 7.36. The van der Waals surface area contributed by atoms with Crippen LogP contribution in [0, 0.1) is 0 Å². The highest BCUT2D eigenvalue weighted by Crippen LogP contribution is 2.33. The molecule has 0 heterocycles. The van der Waals surface area contributed by atoms with E-state index in [1.54, 1.807) is 0 Å². The largest absolute Gasteiger partial charge is 0.492 e. The summed E-state index contributed by atoms with van der Waals surface area (Å²) in [5, 5.41) is 6.48. The molecule has 10 nitrogen and oxygen atoms in total. The minimum atomic E-state index is -4.66. The van der Waals surface area contributed by atoms with Crippen LogP contribution in [0.1, 0.15) is 87.1 Å². The van der Waals surface area contributed by atoms with E-state index in [0.29, 0.717) is 26.1 Å². The highest BCUT2D eigenvalue weighted by molar-refractivity contribution is 5.91. The number of nitrogens with zero attached hydrogens (tertiary/aromatic N) is 2. The average Bonchev–Trinajstić information content (AvgIpc) is 3.32. The summed E-state index contributed by atoms with van der Waals surface area (Å²) in [6, 6.07) is 23.6. The third-order valence-electron chi connectivity index (χ3n) is 11.4. The molecule has 0 aliphatic carbocycles. The van der Waals surface area contributed by atoms with Crippen molar-refractivity contribution in [2.24, 2.45) is 0 Å². The van der Waals surface area contributed by atoms with Gasteiger partial charge in [0.25, 0.3) is 0 Å². The van der Waals surface area contributed by atoms with Gasteiger partial charge in [0.2, 0.25) is 0 Å². The van der Waals surface area contributed by atoms with Crippen molar-refractivity contribution in [3.05, 3.63) is 143 Å². The second-order valence-electron chi connectivity index (χ2n) is 16.5. The molecule has 0 saturated carbocycles. The van der Waals surface area contributed by atoms with Crippen molar-refractivity contribution in [3.63, 3.8) is 0 Å². The van der Waals surface area contributed by atoms with Crippen molar-refractivity contribution >= 4 is 11.9 Å². The normalized spacial score (nSPS) is 13.9. The number of halogens is 6. The molecule has 2 N–H and O–H groups in total. The molecule has 0 fully saturated rings. The van der Waals surface area contributed by atoms with E-state index >= 15 is 0 Å². The number of esters is 2. The summed E-state index contributed by atoms with van der Waals surface area (Å²) in [6.45, 7) is 18.4. The number of alkyl halides is 6. The molecule has 372 valence electrons. The number of likely N-dealkylation sites (N-methyl/N-ethyl adjacent to an activating group) is 2. The Hall–Kier alpha value is -5.42. The van der Waals surface area contributed by atoms with Crippen molar-refractivity contribution < 1.29 is 54.9 Å². The molecule has 4 unspecified atom stereocenters. The third-order valence-corrected chi connectivity index (χ3v) is 11.4. The van der Waals surface area contributed by atoms with Gasteiger partial charge in [-0.25, -0.2) is 9.59 Å². The van der Waals surface area contributed by atoms with E-state index in [4.69, 9.17) is 18.9 Å². The number of rotatable bonds is 28. The summed E-state index contributed by atoms with van der Waals surface area (Å²) in [5.41, 5.74) is 0.206. The van der Waals surface area contributed by atoms with Gasteiger partial charge in [0.15, 0.2) is 0 Å². The second-order valence-corrected chi connectivity index (χ2v) is 16.5. The van der Waals surface area contributed by atoms with Gasteiger partial charge in [0.05, 0.1) is 11.1 Å². The fraction of sp³-hybridized carbons (Fsp3) is 0.462. The van der Waals surface area contributed by atoms with E-state index in [1.807, 2.05) is 62.4 Å². The number of nitrogens with one attached hydrogen (secondary N) is 2. The Balaban J connectivity index is 1.41. The minimum absolute atomic E-state index is 0.0648. The molecule has 0 aliphatic heterocycles. The highest BCUT2D eigenvalue weighted by Gasteiger charge is 2.33. The lowest BCUT2D eigenvalue weighted by Crippen LogP contribution is -2.33. The first-order valence-corrected chi connectivity index (χ1v) is 23.2. The van der Waals surface area contributed by atoms with Crippen molar-refractivity contribution in [1.29, 1.82) is 0 Å². The molecule has 0 saturated heterocycles. The smallest absolute Gasteiger partial charge is 0.416 e. The topological polar surface area (TPSA) is 102 Å². The van der Waals surface area contributed by atoms with Gasteiger partial charge in [0.1, 0.15) is 36.9 Å². The van der Waals surface area contributed by atoms with Gasteiger partial charge in [-0.05, 0) is 124 Å². The van der Waals surface area contributed by atoms with E-state index in [2.05, 4.69) is 48.1 Å². The Morgan fingerprint density at radius 1 is 0.559 bits per heavy atom. The highest BCUT2D eigenvalue weighted by atomic mass is 19.4. The predicted molar refractivity (Wildman–Crippen MR) is 251 cm³/mol. The number of ether oxygens (including phenoxy) is 4. The SMILES string of the molecule is CCN(CC)CCOc1ccc(CC(C)NCC(OC(=O)/C=C/C(=O)OC(CNC(C)Cc2ccc(OCCN(CC)CC)cc2)c2cccc(C(F)(F)F)c2)c2cccc(C(F)(F)F)c2)cc1. The number of carbonyl (C=O) groups is 2. The molecule has 68 heavy (non-hydrogen) atoms. The van der Waals surface area contributed by atoms with Crippen LogP contribution in [-0.4, -0.2) is 99.4 Å². The van der Waals surface area contributed by atoms with Crippen molar-refractivity contribution in [3.8, 4) is 11.5 Å². The first kappa shape index (κ1) is 55.2. The van der Waals surface area contributed by atoms with Gasteiger partial charge in [-0.15, -0.1) is 0 Å². The summed E-state index contributed by atoms with van der Waals surface area (Å²) in [5.74, 6) is -0.655. The number of carbonyl (C=O) groups excluding carboxylic acids is 2. The molecule has 4 rings (SSSR count). The quantitative estimate of drug-likeness (QED) is 0.0325. The molecule has 4 aromatic carbocycles. The second kappa shape index (κ2) is 27.5. The molecule has 0 radical (unpaired) electrons. The van der Waals surface area contributed by atoms with E-state index < -0.39 is 47.6 Å². The molecular formula is C52H66F6N4O6. The molecule has 0 aromatic heterocycles. The van der Waals surface area contributed by atoms with Crippen LogP contribution in [0.5, 0.6) is 11.5 Å². The van der Waals surface area contributed by atoms with Gasteiger partial charge < -0.3 is 39.4 Å². The van der Waals surface area contributed by atoms with Crippen LogP contribution >= 0.6 is 0 Å². The van der Waals surface area contributed by atoms with E-state index in [1.165, 1.54) is 24.3 Å². The molecule has 4 atom stereocenters. The maximum absolute atomic E-state index is 13.8. The van der Waals surface area contributed by atoms with Gasteiger partial charge in [-0.2, -0.15) is 26.3 Å². The Morgan fingerprint density at radius 3 is 1.24 bits per heavy atom. The lowest BCUT2D eigenvalue weighted by atomic mass is 10.0. The number of hydrogen-bond acceptors (Lipinski definition) is 10. The Kier molecular flexibility index (Phi) is 22.4. The van der Waals surface area contributed by atoms with E-state index in [-0.39, 0.29) is 36.3 Å². The van der Waals surface area contributed by atoms with E-state index in [0.717, 1.165) is 98.3 Å². The van der Waals surface area contributed by atoms with Crippen molar-refractivity contribution in [1.82, 2.24) is 20.4 Å². The first-order chi connectivity index (χ1) is 32.4. The third kappa shape index (κ3) is 19.3. The number of hydrogen-bond donors (Lipinski definition) is 2. The van der Waals surface area contributed by atoms with Gasteiger partial charge in [0, 0.05) is 50.4 Å². The maximum Gasteiger partial charge on any atom is 0.416 e. The van der Waals surface area contributed by atoms with Gasteiger partial charge in [-0.1, -0.05) is 76.2 Å².